The van der Waals surface area contributed by atoms with Crippen LogP contribution in [-0.4, -0.2) is 20.2 Å². The Morgan fingerprint density at radius 1 is 1.25 bits per heavy atom. The van der Waals surface area contributed by atoms with Crippen LogP contribution in [0.3, 0.4) is 0 Å². The van der Waals surface area contributed by atoms with Gasteiger partial charge in [-0.1, -0.05) is 53.3 Å². The lowest BCUT2D eigenvalue weighted by molar-refractivity contribution is -0.384. The Labute approximate surface area is 168 Å². The Hall–Kier alpha value is -3.23. The molecule has 0 bridgehead atoms. The fourth-order valence-corrected chi connectivity index (χ4v) is 4.02. The van der Waals surface area contributed by atoms with Gasteiger partial charge in [0.2, 0.25) is 0 Å². The Kier molecular flexibility index (Phi) is 4.58. The molecule has 7 nitrogen and oxygen atoms in total. The predicted octanol–water partition coefficient (Wildman–Crippen LogP) is 5.19. The minimum absolute atomic E-state index is 0.0159. The summed E-state index contributed by atoms with van der Waals surface area (Å²) in [7, 11) is 0. The van der Waals surface area contributed by atoms with E-state index in [9.17, 15) is 14.9 Å². The number of thiazole rings is 1. The maximum atomic E-state index is 12.7. The zero-order valence-corrected chi connectivity index (χ0v) is 16.1. The second-order valence-electron chi connectivity index (χ2n) is 6.04. The molecule has 2 aromatic carbocycles. The van der Waals surface area contributed by atoms with Crippen molar-refractivity contribution >= 4 is 45.2 Å². The molecule has 4 rings (SSSR count). The van der Waals surface area contributed by atoms with Crippen molar-refractivity contribution < 1.29 is 9.72 Å². The average Bonchev–Trinajstić information content (AvgIpc) is 3.23. The van der Waals surface area contributed by atoms with E-state index in [2.05, 4.69) is 10.3 Å². The van der Waals surface area contributed by atoms with Gasteiger partial charge in [-0.25, -0.2) is 4.98 Å². The number of imidazole rings is 1. The van der Waals surface area contributed by atoms with Crippen LogP contribution in [0.25, 0.3) is 16.2 Å². The number of nitro groups is 1. The minimum atomic E-state index is -0.590. The molecule has 0 aliphatic carbocycles. The van der Waals surface area contributed by atoms with Crippen LogP contribution in [-0.2, 0) is 0 Å². The number of halogens is 1. The molecule has 0 radical (unpaired) electrons. The molecule has 0 aliphatic rings. The van der Waals surface area contributed by atoms with Gasteiger partial charge in [-0.05, 0) is 19.1 Å². The number of nitrogens with one attached hydrogen (secondary N) is 1. The molecular formula is C19H13ClN4O3S. The number of nitro benzene ring substituents is 1. The van der Waals surface area contributed by atoms with E-state index < -0.39 is 4.92 Å². The third kappa shape index (κ3) is 3.23. The van der Waals surface area contributed by atoms with Crippen LogP contribution in [0.5, 0.6) is 0 Å². The van der Waals surface area contributed by atoms with Crippen molar-refractivity contribution in [3.63, 3.8) is 0 Å². The highest BCUT2D eigenvalue weighted by Gasteiger charge is 2.20. The van der Waals surface area contributed by atoms with E-state index >= 15 is 0 Å². The van der Waals surface area contributed by atoms with Crippen molar-refractivity contribution in [2.45, 2.75) is 6.92 Å². The second kappa shape index (κ2) is 7.06. The summed E-state index contributed by atoms with van der Waals surface area (Å²) in [6, 6.07) is 13.9. The largest absolute Gasteiger partial charge is 0.321 e. The van der Waals surface area contributed by atoms with Crippen LogP contribution >= 0.6 is 22.9 Å². The van der Waals surface area contributed by atoms with E-state index in [4.69, 9.17) is 11.6 Å². The van der Waals surface area contributed by atoms with Gasteiger partial charge >= 0.3 is 0 Å². The topological polar surface area (TPSA) is 89.5 Å². The molecule has 0 unspecified atom stereocenters. The lowest BCUT2D eigenvalue weighted by atomic mass is 10.2. The first-order valence-corrected chi connectivity index (χ1v) is 9.42. The van der Waals surface area contributed by atoms with Crippen LogP contribution in [0.2, 0.25) is 5.02 Å². The van der Waals surface area contributed by atoms with E-state index in [-0.39, 0.29) is 16.6 Å². The lowest BCUT2D eigenvalue weighted by Crippen LogP contribution is -2.12. The van der Waals surface area contributed by atoms with Gasteiger partial charge < -0.3 is 5.32 Å². The van der Waals surface area contributed by atoms with Gasteiger partial charge in [-0.3, -0.25) is 19.3 Å². The number of aryl methyl sites for hydroxylation is 1. The number of hydrogen-bond acceptors (Lipinski definition) is 5. The Morgan fingerprint density at radius 3 is 2.68 bits per heavy atom. The zero-order valence-electron chi connectivity index (χ0n) is 14.5. The number of rotatable bonds is 4. The Morgan fingerprint density at radius 2 is 2.00 bits per heavy atom. The molecule has 0 saturated carbocycles. The monoisotopic (exact) mass is 412 g/mol. The lowest BCUT2D eigenvalue weighted by Gasteiger charge is -2.05. The van der Waals surface area contributed by atoms with Crippen LogP contribution in [0, 0.1) is 17.0 Å². The average molecular weight is 413 g/mol. The molecule has 140 valence electrons. The molecule has 1 N–H and O–H groups in total. The fraction of sp³-hybridized carbons (Fsp3) is 0.0526. The van der Waals surface area contributed by atoms with E-state index in [1.807, 2.05) is 47.9 Å². The van der Waals surface area contributed by atoms with Crippen molar-refractivity contribution in [1.82, 2.24) is 9.38 Å². The van der Waals surface area contributed by atoms with Gasteiger partial charge in [0.25, 0.3) is 11.6 Å². The minimum Gasteiger partial charge on any atom is -0.321 e. The van der Waals surface area contributed by atoms with Crippen LogP contribution < -0.4 is 5.32 Å². The normalized spacial score (nSPS) is 10.9. The Bertz CT molecular complexity index is 1220. The van der Waals surface area contributed by atoms with Crippen molar-refractivity contribution in [2.24, 2.45) is 0 Å². The molecule has 0 atom stereocenters. The first-order valence-electron chi connectivity index (χ1n) is 8.23. The van der Waals surface area contributed by atoms with Crippen LogP contribution in [0.1, 0.15) is 15.4 Å². The van der Waals surface area contributed by atoms with Crippen molar-refractivity contribution in [1.29, 1.82) is 0 Å². The van der Waals surface area contributed by atoms with Crippen molar-refractivity contribution in [3.8, 4) is 11.3 Å². The van der Waals surface area contributed by atoms with Gasteiger partial charge in [-0.2, -0.15) is 0 Å². The van der Waals surface area contributed by atoms with E-state index in [1.54, 1.807) is 0 Å². The number of carbonyl (C=O) groups excluding carboxylic acids is 1. The number of carbonyl (C=O) groups is 1. The second-order valence-corrected chi connectivity index (χ2v) is 7.42. The van der Waals surface area contributed by atoms with Gasteiger partial charge in [0.05, 0.1) is 10.6 Å². The summed E-state index contributed by atoms with van der Waals surface area (Å²) >= 11 is 7.07. The molecule has 1 amide bonds. The van der Waals surface area contributed by atoms with Crippen molar-refractivity contribution in [3.05, 3.63) is 80.4 Å². The molecular weight excluding hydrogens is 400 g/mol. The standard InChI is InChI=1S/C19H13ClN4O3S/c1-11-17(18(25)21-13-7-8-14(20)16(9-13)24(26)27)28-19-22-15(10-23(11)19)12-5-3-2-4-6-12/h2-10H,1H3,(H,21,25). The molecule has 0 saturated heterocycles. The number of benzene rings is 2. The third-order valence-corrected chi connectivity index (χ3v) is 5.71. The summed E-state index contributed by atoms with van der Waals surface area (Å²) in [5.74, 6) is -0.356. The molecule has 0 fully saturated rings. The summed E-state index contributed by atoms with van der Waals surface area (Å²) in [6.45, 7) is 1.83. The summed E-state index contributed by atoms with van der Waals surface area (Å²) < 4.78 is 1.87. The van der Waals surface area contributed by atoms with E-state index in [0.717, 1.165) is 17.0 Å². The van der Waals surface area contributed by atoms with Crippen molar-refractivity contribution in [2.75, 3.05) is 5.32 Å². The highest BCUT2D eigenvalue weighted by Crippen LogP contribution is 2.30. The molecule has 9 heteroatoms. The first kappa shape index (κ1) is 18.1. The molecule has 0 spiro atoms. The van der Waals surface area contributed by atoms with Gasteiger partial charge in [0.1, 0.15) is 9.90 Å². The molecule has 2 aromatic heterocycles. The Balaban J connectivity index is 1.63. The third-order valence-electron chi connectivity index (χ3n) is 4.23. The predicted molar refractivity (Wildman–Crippen MR) is 109 cm³/mol. The number of amides is 1. The summed E-state index contributed by atoms with van der Waals surface area (Å²) in [5.41, 5.74) is 2.62. The van der Waals surface area contributed by atoms with Gasteiger partial charge in [0.15, 0.2) is 4.96 Å². The van der Waals surface area contributed by atoms with Gasteiger partial charge in [0, 0.05) is 29.2 Å². The summed E-state index contributed by atoms with van der Waals surface area (Å²) in [6.07, 6.45) is 1.89. The fourth-order valence-electron chi connectivity index (χ4n) is 2.83. The van der Waals surface area contributed by atoms with Crippen LogP contribution in [0.4, 0.5) is 11.4 Å². The van der Waals surface area contributed by atoms with E-state index in [0.29, 0.717) is 15.5 Å². The quantitative estimate of drug-likeness (QED) is 0.369. The maximum Gasteiger partial charge on any atom is 0.289 e. The van der Waals surface area contributed by atoms with E-state index in [1.165, 1.54) is 29.5 Å². The van der Waals surface area contributed by atoms with Gasteiger partial charge in [-0.15, -0.1) is 0 Å². The molecule has 2 heterocycles. The maximum absolute atomic E-state index is 12.7. The number of anilines is 1. The number of aromatic nitrogens is 2. The smallest absolute Gasteiger partial charge is 0.289 e. The molecule has 4 aromatic rings. The SMILES string of the molecule is Cc1c(C(=O)Nc2ccc(Cl)c([N+](=O)[O-])c2)sc2nc(-c3ccccc3)cn12. The summed E-state index contributed by atoms with van der Waals surface area (Å²) in [4.78, 5) is 28.9. The summed E-state index contributed by atoms with van der Waals surface area (Å²) in [5, 5.41) is 13.7. The highest BCUT2D eigenvalue weighted by molar-refractivity contribution is 7.19. The zero-order chi connectivity index (χ0) is 19.8. The first-order chi connectivity index (χ1) is 13.4. The number of hydrogen-bond donors (Lipinski definition) is 1. The number of nitrogens with zero attached hydrogens (tertiary/aromatic N) is 3. The molecule has 28 heavy (non-hydrogen) atoms. The molecule has 0 aliphatic heterocycles. The number of fused-ring (bicyclic) bond motifs is 1. The highest BCUT2D eigenvalue weighted by atomic mass is 35.5. The van der Waals surface area contributed by atoms with Crippen LogP contribution in [0.15, 0.2) is 54.7 Å².